The van der Waals surface area contributed by atoms with Crippen molar-refractivity contribution in [3.63, 3.8) is 0 Å². The minimum Gasteiger partial charge on any atom is -0.462 e. The number of allylic oxidation sites excluding steroid dienone is 8. The van der Waals surface area contributed by atoms with Crippen LogP contribution < -0.4 is 0 Å². The van der Waals surface area contributed by atoms with Crippen LogP contribution in [0.15, 0.2) is 48.6 Å². The van der Waals surface area contributed by atoms with E-state index in [0.29, 0.717) is 12.8 Å². The van der Waals surface area contributed by atoms with Crippen molar-refractivity contribution in [2.45, 2.75) is 225 Å². The Kier molecular flexibility index (Phi) is 41.5. The first-order valence-corrected chi connectivity index (χ1v) is 22.2. The van der Waals surface area contributed by atoms with E-state index in [2.05, 4.69) is 62.5 Å². The smallest absolute Gasteiger partial charge is 0.306 e. The lowest BCUT2D eigenvalue weighted by atomic mass is 10.0. The third kappa shape index (κ3) is 40.6. The number of aliphatic hydroxyl groups is 1. The highest BCUT2D eigenvalue weighted by atomic mass is 16.6. The minimum atomic E-state index is -0.798. The van der Waals surface area contributed by atoms with E-state index in [-0.39, 0.29) is 31.6 Å². The number of aliphatic hydroxyl groups excluding tert-OH is 1. The normalized spacial score (nSPS) is 12.6. The molecule has 0 aliphatic carbocycles. The minimum absolute atomic E-state index is 0.0858. The summed E-state index contributed by atoms with van der Waals surface area (Å²) in [6.45, 7) is 4.08. The molecule has 0 aromatic rings. The van der Waals surface area contributed by atoms with E-state index in [1.165, 1.54) is 141 Å². The standard InChI is InChI=1S/C47H84O5/c1-3-5-7-9-11-13-15-17-19-21-22-23-24-26-27-29-31-33-35-37-39-41-46(49)51-44-45(43-48)52-47(50)42-40-38-36-34-32-30-28-25-20-18-16-14-12-10-8-6-4-2/h12,14,18,20,28,30,34,36,45,48H,3-11,13,15-17,19,21-27,29,31-33,35,37-44H2,1-2H3/b14-12+,20-18+,30-28+,36-34+/t45-/m0/s1. The Bertz CT molecular complexity index is 873. The summed E-state index contributed by atoms with van der Waals surface area (Å²) < 4.78 is 10.6. The number of unbranched alkanes of at least 4 members (excludes halogenated alkanes) is 24. The lowest BCUT2D eigenvalue weighted by molar-refractivity contribution is -0.161. The molecule has 5 nitrogen and oxygen atoms in total. The maximum Gasteiger partial charge on any atom is 0.306 e. The van der Waals surface area contributed by atoms with Gasteiger partial charge < -0.3 is 14.6 Å². The van der Waals surface area contributed by atoms with Crippen molar-refractivity contribution in [2.24, 2.45) is 0 Å². The van der Waals surface area contributed by atoms with E-state index in [9.17, 15) is 14.7 Å². The largest absolute Gasteiger partial charge is 0.462 e. The van der Waals surface area contributed by atoms with Gasteiger partial charge in [-0.1, -0.05) is 204 Å². The van der Waals surface area contributed by atoms with Crippen LogP contribution in [0.1, 0.15) is 219 Å². The van der Waals surface area contributed by atoms with Crippen LogP contribution in [0.2, 0.25) is 0 Å². The van der Waals surface area contributed by atoms with Gasteiger partial charge in [0.15, 0.2) is 6.10 Å². The van der Waals surface area contributed by atoms with Crippen LogP contribution in [0.5, 0.6) is 0 Å². The number of ether oxygens (including phenoxy) is 2. The molecule has 1 atom stereocenters. The molecular formula is C47H84O5. The monoisotopic (exact) mass is 729 g/mol. The molecule has 52 heavy (non-hydrogen) atoms. The zero-order chi connectivity index (χ0) is 37.8. The molecule has 0 unspecified atom stereocenters. The highest BCUT2D eigenvalue weighted by Gasteiger charge is 2.16. The van der Waals surface area contributed by atoms with Gasteiger partial charge in [-0.2, -0.15) is 0 Å². The molecule has 0 spiro atoms. The summed E-state index contributed by atoms with van der Waals surface area (Å²) >= 11 is 0. The summed E-state index contributed by atoms with van der Waals surface area (Å²) in [5.74, 6) is -0.650. The molecule has 0 saturated carbocycles. The van der Waals surface area contributed by atoms with Crippen molar-refractivity contribution in [1.82, 2.24) is 0 Å². The topological polar surface area (TPSA) is 72.8 Å². The third-order valence-electron chi connectivity index (χ3n) is 9.63. The molecule has 0 heterocycles. The van der Waals surface area contributed by atoms with Crippen LogP contribution in [0, 0.1) is 0 Å². The van der Waals surface area contributed by atoms with E-state index in [1.54, 1.807) is 0 Å². The van der Waals surface area contributed by atoms with Gasteiger partial charge in [0.2, 0.25) is 0 Å². The van der Waals surface area contributed by atoms with Crippen LogP contribution in [-0.2, 0) is 19.1 Å². The number of hydrogen-bond acceptors (Lipinski definition) is 5. The van der Waals surface area contributed by atoms with Gasteiger partial charge in [0.25, 0.3) is 0 Å². The molecule has 0 rings (SSSR count). The van der Waals surface area contributed by atoms with Gasteiger partial charge in [-0.3, -0.25) is 9.59 Å². The molecule has 0 aromatic heterocycles. The first kappa shape index (κ1) is 49.9. The summed E-state index contributed by atoms with van der Waals surface area (Å²) in [5.41, 5.74) is 0. The highest BCUT2D eigenvalue weighted by Crippen LogP contribution is 2.15. The Hall–Kier alpha value is -2.14. The molecule has 0 fully saturated rings. The number of rotatable bonds is 40. The molecule has 0 bridgehead atoms. The lowest BCUT2D eigenvalue weighted by Crippen LogP contribution is -2.28. The van der Waals surface area contributed by atoms with Crippen LogP contribution in [0.4, 0.5) is 0 Å². The number of esters is 2. The van der Waals surface area contributed by atoms with Gasteiger partial charge in [-0.05, 0) is 51.4 Å². The van der Waals surface area contributed by atoms with Crippen LogP contribution >= 0.6 is 0 Å². The Morgan fingerprint density at radius 2 is 0.788 bits per heavy atom. The zero-order valence-corrected chi connectivity index (χ0v) is 34.3. The second kappa shape index (κ2) is 43.3. The Morgan fingerprint density at radius 3 is 1.21 bits per heavy atom. The number of carbonyl (C=O) groups is 2. The Labute approximate surface area is 322 Å². The fourth-order valence-corrected chi connectivity index (χ4v) is 6.25. The van der Waals surface area contributed by atoms with E-state index >= 15 is 0 Å². The molecule has 0 radical (unpaired) electrons. The molecule has 302 valence electrons. The molecule has 0 amide bonds. The number of carbonyl (C=O) groups excluding carboxylic acids is 2. The van der Waals surface area contributed by atoms with Crippen molar-refractivity contribution < 1.29 is 24.2 Å². The average Bonchev–Trinajstić information content (AvgIpc) is 3.15. The molecule has 5 heteroatoms. The van der Waals surface area contributed by atoms with Gasteiger partial charge in [0.05, 0.1) is 6.61 Å². The average molecular weight is 729 g/mol. The van der Waals surface area contributed by atoms with Crippen molar-refractivity contribution in [1.29, 1.82) is 0 Å². The zero-order valence-electron chi connectivity index (χ0n) is 34.3. The molecule has 0 saturated heterocycles. The van der Waals surface area contributed by atoms with Crippen molar-refractivity contribution >= 4 is 11.9 Å². The number of hydrogen-bond donors (Lipinski definition) is 1. The van der Waals surface area contributed by atoms with Gasteiger partial charge in [0, 0.05) is 12.8 Å². The fraction of sp³-hybridized carbons (Fsp3) is 0.787. The van der Waals surface area contributed by atoms with Crippen molar-refractivity contribution in [3.8, 4) is 0 Å². The van der Waals surface area contributed by atoms with E-state index in [1.807, 2.05) is 0 Å². The quantitative estimate of drug-likeness (QED) is 0.0386. The fourth-order valence-electron chi connectivity index (χ4n) is 6.25. The molecule has 0 aliphatic heterocycles. The predicted octanol–water partition coefficient (Wildman–Crippen LogP) is 14.2. The molecule has 0 aliphatic rings. The maximum absolute atomic E-state index is 12.2. The maximum atomic E-state index is 12.2. The van der Waals surface area contributed by atoms with Crippen molar-refractivity contribution in [2.75, 3.05) is 13.2 Å². The summed E-state index contributed by atoms with van der Waals surface area (Å²) in [6, 6.07) is 0. The van der Waals surface area contributed by atoms with E-state index in [0.717, 1.165) is 44.9 Å². The van der Waals surface area contributed by atoms with Crippen molar-refractivity contribution in [3.05, 3.63) is 48.6 Å². The second-order valence-corrected chi connectivity index (χ2v) is 14.8. The molecule has 0 aromatic carbocycles. The first-order valence-electron chi connectivity index (χ1n) is 22.2. The van der Waals surface area contributed by atoms with Crippen LogP contribution in [0.3, 0.4) is 0 Å². The molecular weight excluding hydrogens is 645 g/mol. The predicted molar refractivity (Wildman–Crippen MR) is 224 cm³/mol. The van der Waals surface area contributed by atoms with E-state index in [4.69, 9.17) is 9.47 Å². The summed E-state index contributed by atoms with van der Waals surface area (Å²) in [7, 11) is 0. The van der Waals surface area contributed by atoms with Gasteiger partial charge >= 0.3 is 11.9 Å². The molecule has 1 N–H and O–H groups in total. The SMILES string of the molecule is CCCCC/C=C/C/C=C/C/C=C/C/C=C/CCCC(=O)O[C@@H](CO)COC(=O)CCCCCCCCCCCCCCCCCCCCCCC. The van der Waals surface area contributed by atoms with Gasteiger partial charge in [-0.15, -0.1) is 0 Å². The summed E-state index contributed by atoms with van der Waals surface area (Å²) in [4.78, 5) is 24.3. The van der Waals surface area contributed by atoms with Gasteiger partial charge in [0.1, 0.15) is 6.61 Å². The lowest BCUT2D eigenvalue weighted by Gasteiger charge is -2.15. The Morgan fingerprint density at radius 1 is 0.442 bits per heavy atom. The van der Waals surface area contributed by atoms with E-state index < -0.39 is 6.10 Å². The third-order valence-corrected chi connectivity index (χ3v) is 9.63. The highest BCUT2D eigenvalue weighted by molar-refractivity contribution is 5.70. The van der Waals surface area contributed by atoms with Crippen LogP contribution in [-0.4, -0.2) is 36.4 Å². The first-order chi connectivity index (χ1) is 25.6. The summed E-state index contributed by atoms with van der Waals surface area (Å²) in [6.07, 6.45) is 54.8. The summed E-state index contributed by atoms with van der Waals surface area (Å²) in [5, 5.41) is 9.57. The van der Waals surface area contributed by atoms with Crippen LogP contribution in [0.25, 0.3) is 0 Å². The second-order valence-electron chi connectivity index (χ2n) is 14.8. The van der Waals surface area contributed by atoms with Gasteiger partial charge in [-0.25, -0.2) is 0 Å². The Balaban J connectivity index is 3.57.